The molecule has 0 aliphatic carbocycles. The molecule has 1 aromatic rings. The van der Waals surface area contributed by atoms with Gasteiger partial charge in [-0.3, -0.25) is 0 Å². The van der Waals surface area contributed by atoms with Gasteiger partial charge in [-0.15, -0.1) is 0 Å². The highest BCUT2D eigenvalue weighted by Gasteiger charge is 2.02. The van der Waals surface area contributed by atoms with E-state index in [2.05, 4.69) is 0 Å². The van der Waals surface area contributed by atoms with Crippen LogP contribution >= 0.6 is 0 Å². The molecule has 0 bridgehead atoms. The maximum Gasteiger partial charge on any atom is 0.370 e. The lowest BCUT2D eigenvalue weighted by Gasteiger charge is -1.99. The molecule has 0 aliphatic rings. The fourth-order valence-electron chi connectivity index (χ4n) is 0.920. The molecule has 0 saturated carbocycles. The summed E-state index contributed by atoms with van der Waals surface area (Å²) in [6.07, 6.45) is 1.17. The van der Waals surface area contributed by atoms with Crippen LogP contribution in [0.25, 0.3) is 6.08 Å². The Hall–Kier alpha value is -1.97. The molecule has 0 unspecified atom stereocenters. The summed E-state index contributed by atoms with van der Waals surface area (Å²) in [4.78, 5) is 10.3. The van der Waals surface area contributed by atoms with E-state index in [1.165, 1.54) is 6.08 Å². The van der Waals surface area contributed by atoms with E-state index in [1.807, 2.05) is 0 Å². The van der Waals surface area contributed by atoms with E-state index >= 15 is 0 Å². The molecule has 4 nitrogen and oxygen atoms in total. The molecule has 4 heteroatoms. The highest BCUT2D eigenvalue weighted by molar-refractivity contribution is 5.89. The zero-order chi connectivity index (χ0) is 10.6. The molecule has 0 fully saturated rings. The molecule has 0 aliphatic heterocycles. The monoisotopic (exact) mass is 194 g/mol. The van der Waals surface area contributed by atoms with Crippen molar-refractivity contribution in [3.63, 3.8) is 0 Å². The van der Waals surface area contributed by atoms with Crippen LogP contribution in [0.5, 0.6) is 5.75 Å². The first kappa shape index (κ1) is 10.1. The standard InChI is InChI=1S/C10H10O4/c1-14-8-4-2-7(3-5-8)6-9(11)10(12)13/h2-6,11H,1H3,(H,12,13)/b9-6+. The number of aliphatic hydroxyl groups excluding tert-OH is 1. The van der Waals surface area contributed by atoms with Crippen molar-refractivity contribution < 1.29 is 19.7 Å². The van der Waals surface area contributed by atoms with Crippen LogP contribution in [0.4, 0.5) is 0 Å². The SMILES string of the molecule is COc1ccc(/C=C(/O)C(=O)O)cc1. The average Bonchev–Trinajstić information content (AvgIpc) is 2.19. The van der Waals surface area contributed by atoms with Gasteiger partial charge in [0.05, 0.1) is 7.11 Å². The van der Waals surface area contributed by atoms with Crippen molar-refractivity contribution in [1.82, 2.24) is 0 Å². The number of aliphatic carboxylic acids is 1. The van der Waals surface area contributed by atoms with E-state index in [9.17, 15) is 4.79 Å². The molecule has 2 N–H and O–H groups in total. The first-order valence-corrected chi connectivity index (χ1v) is 3.91. The number of rotatable bonds is 3. The maximum absolute atomic E-state index is 10.3. The predicted molar refractivity (Wildman–Crippen MR) is 51.2 cm³/mol. The third-order valence-electron chi connectivity index (χ3n) is 1.64. The van der Waals surface area contributed by atoms with Gasteiger partial charge in [-0.25, -0.2) is 4.79 Å². The summed E-state index contributed by atoms with van der Waals surface area (Å²) in [6, 6.07) is 6.66. The number of aliphatic hydroxyl groups is 1. The number of carboxylic acid groups (broad SMARTS) is 1. The molecule has 74 valence electrons. The van der Waals surface area contributed by atoms with E-state index in [0.717, 1.165) is 0 Å². The maximum atomic E-state index is 10.3. The molecule has 0 aromatic heterocycles. The summed E-state index contributed by atoms with van der Waals surface area (Å²) in [7, 11) is 1.54. The van der Waals surface area contributed by atoms with Gasteiger partial charge in [0.1, 0.15) is 5.75 Å². The average molecular weight is 194 g/mol. The quantitative estimate of drug-likeness (QED) is 0.567. The van der Waals surface area contributed by atoms with Gasteiger partial charge >= 0.3 is 5.97 Å². The Morgan fingerprint density at radius 1 is 1.29 bits per heavy atom. The van der Waals surface area contributed by atoms with Crippen LogP contribution in [0.2, 0.25) is 0 Å². The third-order valence-corrected chi connectivity index (χ3v) is 1.64. The number of ether oxygens (including phenoxy) is 1. The van der Waals surface area contributed by atoms with Crippen LogP contribution in [0.3, 0.4) is 0 Å². The Bertz CT molecular complexity index is 351. The lowest BCUT2D eigenvalue weighted by atomic mass is 10.2. The van der Waals surface area contributed by atoms with Gasteiger partial charge in [0.2, 0.25) is 5.76 Å². The molecule has 0 radical (unpaired) electrons. The molecular weight excluding hydrogens is 184 g/mol. The highest BCUT2D eigenvalue weighted by atomic mass is 16.5. The van der Waals surface area contributed by atoms with Crippen LogP contribution in [0.15, 0.2) is 30.0 Å². The largest absolute Gasteiger partial charge is 0.502 e. The fourth-order valence-corrected chi connectivity index (χ4v) is 0.920. The van der Waals surface area contributed by atoms with Crippen molar-refractivity contribution in [2.45, 2.75) is 0 Å². The molecule has 1 aromatic carbocycles. The number of hydrogen-bond acceptors (Lipinski definition) is 3. The van der Waals surface area contributed by atoms with Crippen molar-refractivity contribution in [2.75, 3.05) is 7.11 Å². The first-order valence-electron chi connectivity index (χ1n) is 3.91. The highest BCUT2D eigenvalue weighted by Crippen LogP contribution is 2.13. The molecule has 14 heavy (non-hydrogen) atoms. The molecule has 0 amide bonds. The lowest BCUT2D eigenvalue weighted by molar-refractivity contribution is -0.135. The van der Waals surface area contributed by atoms with Gasteiger partial charge in [-0.2, -0.15) is 0 Å². The van der Waals surface area contributed by atoms with Gasteiger partial charge in [0.25, 0.3) is 0 Å². The Balaban J connectivity index is 2.88. The second-order valence-electron chi connectivity index (χ2n) is 2.61. The molecular formula is C10H10O4. The van der Waals surface area contributed by atoms with Crippen molar-refractivity contribution in [3.8, 4) is 5.75 Å². The Morgan fingerprint density at radius 2 is 1.86 bits per heavy atom. The van der Waals surface area contributed by atoms with E-state index in [1.54, 1.807) is 31.4 Å². The summed E-state index contributed by atoms with van der Waals surface area (Å²) >= 11 is 0. The summed E-state index contributed by atoms with van der Waals surface area (Å²) in [5, 5.41) is 17.3. The van der Waals surface area contributed by atoms with E-state index < -0.39 is 11.7 Å². The van der Waals surface area contributed by atoms with Gasteiger partial charge in [-0.05, 0) is 23.8 Å². The number of carboxylic acids is 1. The van der Waals surface area contributed by atoms with Crippen molar-refractivity contribution in [3.05, 3.63) is 35.6 Å². The van der Waals surface area contributed by atoms with Crippen molar-refractivity contribution in [1.29, 1.82) is 0 Å². The third kappa shape index (κ3) is 2.52. The minimum Gasteiger partial charge on any atom is -0.502 e. The second kappa shape index (κ2) is 4.32. The molecule has 0 saturated heterocycles. The van der Waals surface area contributed by atoms with Crippen LogP contribution < -0.4 is 4.74 Å². The van der Waals surface area contributed by atoms with Gasteiger partial charge in [-0.1, -0.05) is 12.1 Å². The summed E-state index contributed by atoms with van der Waals surface area (Å²) in [5.41, 5.74) is 0.603. The number of methoxy groups -OCH3 is 1. The Kier molecular flexibility index (Phi) is 3.12. The van der Waals surface area contributed by atoms with Crippen LogP contribution in [0, 0.1) is 0 Å². The molecule has 0 atom stereocenters. The van der Waals surface area contributed by atoms with E-state index in [0.29, 0.717) is 11.3 Å². The Morgan fingerprint density at radius 3 is 2.29 bits per heavy atom. The minimum absolute atomic E-state index is 0.603. The first-order chi connectivity index (χ1) is 6.63. The predicted octanol–water partition coefficient (Wildman–Crippen LogP) is 1.68. The molecule has 0 heterocycles. The lowest BCUT2D eigenvalue weighted by Crippen LogP contribution is -1.98. The summed E-state index contributed by atoms with van der Waals surface area (Å²) in [6.45, 7) is 0. The minimum atomic E-state index is -1.35. The van der Waals surface area contributed by atoms with Gasteiger partial charge < -0.3 is 14.9 Å². The fraction of sp³-hybridized carbons (Fsp3) is 0.100. The zero-order valence-electron chi connectivity index (χ0n) is 7.60. The normalized spacial score (nSPS) is 11.1. The summed E-state index contributed by atoms with van der Waals surface area (Å²) in [5.74, 6) is -1.35. The van der Waals surface area contributed by atoms with Crippen molar-refractivity contribution >= 4 is 12.0 Å². The summed E-state index contributed by atoms with van der Waals surface area (Å²) < 4.78 is 4.92. The van der Waals surface area contributed by atoms with Crippen LogP contribution in [0.1, 0.15) is 5.56 Å². The second-order valence-corrected chi connectivity index (χ2v) is 2.61. The number of benzene rings is 1. The van der Waals surface area contributed by atoms with E-state index in [-0.39, 0.29) is 0 Å². The van der Waals surface area contributed by atoms with Gasteiger partial charge in [0, 0.05) is 0 Å². The van der Waals surface area contributed by atoms with E-state index in [4.69, 9.17) is 14.9 Å². The van der Waals surface area contributed by atoms with Crippen LogP contribution in [-0.4, -0.2) is 23.3 Å². The number of carbonyl (C=O) groups is 1. The number of hydrogen-bond donors (Lipinski definition) is 2. The zero-order valence-corrected chi connectivity index (χ0v) is 7.60. The molecule has 0 spiro atoms. The van der Waals surface area contributed by atoms with Crippen LogP contribution in [-0.2, 0) is 4.79 Å². The topological polar surface area (TPSA) is 66.8 Å². The van der Waals surface area contributed by atoms with Crippen molar-refractivity contribution in [2.24, 2.45) is 0 Å². The van der Waals surface area contributed by atoms with Gasteiger partial charge in [0.15, 0.2) is 0 Å². The molecule has 1 rings (SSSR count). The smallest absolute Gasteiger partial charge is 0.370 e. The Labute approximate surface area is 81.1 Å².